The van der Waals surface area contributed by atoms with Crippen LogP contribution in [-0.4, -0.2) is 23.2 Å². The molecule has 0 spiro atoms. The fraction of sp³-hybridized carbons (Fsp3) is 0.769. The van der Waals surface area contributed by atoms with Crippen molar-refractivity contribution >= 4 is 5.97 Å². The van der Waals surface area contributed by atoms with Crippen molar-refractivity contribution in [2.45, 2.75) is 57.9 Å². The SMILES string of the molecule is C=CCNC(C)(CCCCCCC)C(=O)O. The molecule has 0 heterocycles. The van der Waals surface area contributed by atoms with Crippen LogP contribution in [0.2, 0.25) is 0 Å². The van der Waals surface area contributed by atoms with E-state index < -0.39 is 11.5 Å². The van der Waals surface area contributed by atoms with Crippen LogP contribution in [0.3, 0.4) is 0 Å². The van der Waals surface area contributed by atoms with Crippen molar-refractivity contribution in [3.8, 4) is 0 Å². The van der Waals surface area contributed by atoms with E-state index in [4.69, 9.17) is 5.11 Å². The van der Waals surface area contributed by atoms with E-state index in [1.165, 1.54) is 19.3 Å². The van der Waals surface area contributed by atoms with Crippen molar-refractivity contribution in [2.75, 3.05) is 6.54 Å². The van der Waals surface area contributed by atoms with Crippen LogP contribution in [0.1, 0.15) is 52.4 Å². The minimum Gasteiger partial charge on any atom is -0.480 e. The molecule has 0 amide bonds. The monoisotopic (exact) mass is 227 g/mol. The predicted molar refractivity (Wildman–Crippen MR) is 67.6 cm³/mol. The Hall–Kier alpha value is -0.830. The molecule has 1 atom stereocenters. The van der Waals surface area contributed by atoms with Gasteiger partial charge in [0.15, 0.2) is 0 Å². The van der Waals surface area contributed by atoms with Crippen molar-refractivity contribution in [3.63, 3.8) is 0 Å². The number of carbonyl (C=O) groups is 1. The molecule has 3 nitrogen and oxygen atoms in total. The van der Waals surface area contributed by atoms with Crippen molar-refractivity contribution in [2.24, 2.45) is 0 Å². The van der Waals surface area contributed by atoms with Gasteiger partial charge in [-0.3, -0.25) is 10.1 Å². The molecule has 1 unspecified atom stereocenters. The maximum absolute atomic E-state index is 11.2. The third kappa shape index (κ3) is 5.91. The molecule has 2 N–H and O–H groups in total. The molecule has 0 rings (SSSR count). The fourth-order valence-corrected chi connectivity index (χ4v) is 1.65. The van der Waals surface area contributed by atoms with Crippen LogP contribution in [-0.2, 0) is 4.79 Å². The van der Waals surface area contributed by atoms with Crippen LogP contribution in [0, 0.1) is 0 Å². The maximum atomic E-state index is 11.2. The highest BCUT2D eigenvalue weighted by atomic mass is 16.4. The Balaban J connectivity index is 3.92. The number of nitrogens with one attached hydrogen (secondary N) is 1. The van der Waals surface area contributed by atoms with Gasteiger partial charge in [0, 0.05) is 6.54 Å². The second-order valence-electron chi connectivity index (χ2n) is 4.47. The highest BCUT2D eigenvalue weighted by Gasteiger charge is 2.31. The van der Waals surface area contributed by atoms with Crippen LogP contribution >= 0.6 is 0 Å². The molecule has 0 aliphatic carbocycles. The van der Waals surface area contributed by atoms with Crippen LogP contribution in [0.15, 0.2) is 12.7 Å². The molecular weight excluding hydrogens is 202 g/mol. The number of hydrogen-bond acceptors (Lipinski definition) is 2. The number of carboxylic acid groups (broad SMARTS) is 1. The molecule has 0 aromatic heterocycles. The molecule has 0 radical (unpaired) electrons. The average molecular weight is 227 g/mol. The Morgan fingerprint density at radius 1 is 1.38 bits per heavy atom. The average Bonchev–Trinajstić information content (AvgIpc) is 2.26. The molecule has 3 heteroatoms. The van der Waals surface area contributed by atoms with Crippen LogP contribution in [0.4, 0.5) is 0 Å². The van der Waals surface area contributed by atoms with E-state index in [2.05, 4.69) is 18.8 Å². The summed E-state index contributed by atoms with van der Waals surface area (Å²) in [5.74, 6) is -0.773. The summed E-state index contributed by atoms with van der Waals surface area (Å²) < 4.78 is 0. The molecule has 0 aliphatic heterocycles. The first-order chi connectivity index (χ1) is 7.56. The quantitative estimate of drug-likeness (QED) is 0.445. The highest BCUT2D eigenvalue weighted by Crippen LogP contribution is 2.16. The van der Waals surface area contributed by atoms with E-state index >= 15 is 0 Å². The summed E-state index contributed by atoms with van der Waals surface area (Å²) in [4.78, 5) is 11.2. The standard InChI is InChI=1S/C13H25NO2/c1-4-6-7-8-9-10-13(3,12(15)16)14-11-5-2/h5,14H,2,4,6-11H2,1,3H3,(H,15,16). The van der Waals surface area contributed by atoms with E-state index in [1.807, 2.05) is 0 Å². The summed E-state index contributed by atoms with van der Waals surface area (Å²) in [5, 5.41) is 12.2. The van der Waals surface area contributed by atoms with Crippen LogP contribution in [0.5, 0.6) is 0 Å². The molecular formula is C13H25NO2. The van der Waals surface area contributed by atoms with Gasteiger partial charge in [0.1, 0.15) is 5.54 Å². The second kappa shape index (κ2) is 8.34. The molecule has 0 aliphatic rings. The third-order valence-corrected chi connectivity index (χ3v) is 2.89. The summed E-state index contributed by atoms with van der Waals surface area (Å²) in [5.41, 5.74) is -0.805. The molecule has 0 saturated carbocycles. The van der Waals surface area contributed by atoms with Gasteiger partial charge in [-0.25, -0.2) is 0 Å². The van der Waals surface area contributed by atoms with Crippen molar-refractivity contribution in [1.29, 1.82) is 0 Å². The normalized spacial score (nSPS) is 14.4. The fourth-order valence-electron chi connectivity index (χ4n) is 1.65. The number of hydrogen-bond donors (Lipinski definition) is 2. The van der Waals surface area contributed by atoms with Gasteiger partial charge < -0.3 is 5.11 Å². The molecule has 0 bridgehead atoms. The number of rotatable bonds is 10. The lowest BCUT2D eigenvalue weighted by Crippen LogP contribution is -2.49. The van der Waals surface area contributed by atoms with Gasteiger partial charge in [-0.05, 0) is 13.3 Å². The van der Waals surface area contributed by atoms with E-state index in [1.54, 1.807) is 13.0 Å². The smallest absolute Gasteiger partial charge is 0.323 e. The largest absolute Gasteiger partial charge is 0.480 e. The summed E-state index contributed by atoms with van der Waals surface area (Å²) in [6, 6.07) is 0. The zero-order valence-corrected chi connectivity index (χ0v) is 10.6. The van der Waals surface area contributed by atoms with Gasteiger partial charge in [0.25, 0.3) is 0 Å². The Morgan fingerprint density at radius 2 is 2.00 bits per heavy atom. The molecule has 0 saturated heterocycles. The zero-order chi connectivity index (χ0) is 12.4. The molecule has 0 aromatic carbocycles. The first-order valence-corrected chi connectivity index (χ1v) is 6.16. The summed E-state index contributed by atoms with van der Waals surface area (Å²) >= 11 is 0. The van der Waals surface area contributed by atoms with Gasteiger partial charge >= 0.3 is 5.97 Å². The highest BCUT2D eigenvalue weighted by molar-refractivity contribution is 5.78. The second-order valence-corrected chi connectivity index (χ2v) is 4.47. The van der Waals surface area contributed by atoms with Crippen molar-refractivity contribution in [1.82, 2.24) is 5.32 Å². The number of carboxylic acids is 1. The van der Waals surface area contributed by atoms with E-state index in [0.717, 1.165) is 12.8 Å². The van der Waals surface area contributed by atoms with Crippen LogP contribution in [0.25, 0.3) is 0 Å². The third-order valence-electron chi connectivity index (χ3n) is 2.89. The van der Waals surface area contributed by atoms with Gasteiger partial charge in [-0.2, -0.15) is 0 Å². The molecule has 0 aromatic rings. The summed E-state index contributed by atoms with van der Waals surface area (Å²) in [6.45, 7) is 8.05. The van der Waals surface area contributed by atoms with Crippen molar-refractivity contribution < 1.29 is 9.90 Å². The van der Waals surface area contributed by atoms with Crippen molar-refractivity contribution in [3.05, 3.63) is 12.7 Å². The Kier molecular flexibility index (Phi) is 7.90. The first kappa shape index (κ1) is 15.2. The lowest BCUT2D eigenvalue weighted by Gasteiger charge is -2.25. The summed E-state index contributed by atoms with van der Waals surface area (Å²) in [6.07, 6.45) is 8.11. The lowest BCUT2D eigenvalue weighted by molar-refractivity contribution is -0.144. The Labute approximate surface area is 98.9 Å². The Bertz CT molecular complexity index is 216. The van der Waals surface area contributed by atoms with Gasteiger partial charge in [-0.1, -0.05) is 45.1 Å². The number of unbranched alkanes of at least 4 members (excludes halogenated alkanes) is 4. The molecule has 94 valence electrons. The van der Waals surface area contributed by atoms with Gasteiger partial charge in [0.05, 0.1) is 0 Å². The van der Waals surface area contributed by atoms with E-state index in [0.29, 0.717) is 13.0 Å². The van der Waals surface area contributed by atoms with E-state index in [9.17, 15) is 4.79 Å². The van der Waals surface area contributed by atoms with Crippen LogP contribution < -0.4 is 5.32 Å². The maximum Gasteiger partial charge on any atom is 0.323 e. The molecule has 16 heavy (non-hydrogen) atoms. The van der Waals surface area contributed by atoms with Gasteiger partial charge in [0.2, 0.25) is 0 Å². The minimum atomic E-state index is -0.805. The zero-order valence-electron chi connectivity index (χ0n) is 10.6. The predicted octanol–water partition coefficient (Wildman–Crippen LogP) is 2.97. The van der Waals surface area contributed by atoms with Gasteiger partial charge in [-0.15, -0.1) is 6.58 Å². The summed E-state index contributed by atoms with van der Waals surface area (Å²) in [7, 11) is 0. The van der Waals surface area contributed by atoms with E-state index in [-0.39, 0.29) is 0 Å². The Morgan fingerprint density at radius 3 is 2.50 bits per heavy atom. The lowest BCUT2D eigenvalue weighted by atomic mass is 9.94. The first-order valence-electron chi connectivity index (χ1n) is 6.16. The molecule has 0 fully saturated rings. The topological polar surface area (TPSA) is 49.3 Å². The number of aliphatic carboxylic acids is 1. The minimum absolute atomic E-state index is 0.539.